The first-order valence-corrected chi connectivity index (χ1v) is 10.3. The van der Waals surface area contributed by atoms with Gasteiger partial charge < -0.3 is 15.1 Å². The summed E-state index contributed by atoms with van der Waals surface area (Å²) < 4.78 is 0. The van der Waals surface area contributed by atoms with Crippen LogP contribution in [0.3, 0.4) is 0 Å². The van der Waals surface area contributed by atoms with Gasteiger partial charge in [-0.2, -0.15) is 0 Å². The predicted octanol–water partition coefficient (Wildman–Crippen LogP) is 4.17. The number of nitrogens with one attached hydrogen (secondary N) is 1. The summed E-state index contributed by atoms with van der Waals surface area (Å²) >= 11 is 0. The first kappa shape index (κ1) is 20.4. The lowest BCUT2D eigenvalue weighted by molar-refractivity contribution is -0.384. The summed E-state index contributed by atoms with van der Waals surface area (Å²) in [5.74, 6) is 0.0337. The number of amides is 1. The molecule has 0 aliphatic carbocycles. The van der Waals surface area contributed by atoms with Crippen molar-refractivity contribution < 1.29 is 9.72 Å². The van der Waals surface area contributed by atoms with E-state index >= 15 is 0 Å². The summed E-state index contributed by atoms with van der Waals surface area (Å²) in [7, 11) is 0. The van der Waals surface area contributed by atoms with Crippen molar-refractivity contribution in [1.29, 1.82) is 0 Å². The van der Waals surface area contributed by atoms with E-state index in [1.165, 1.54) is 6.07 Å². The van der Waals surface area contributed by atoms with Crippen LogP contribution < -0.4 is 10.2 Å². The molecule has 1 aliphatic heterocycles. The second kappa shape index (κ2) is 9.30. The predicted molar refractivity (Wildman–Crippen MR) is 121 cm³/mol. The SMILES string of the molecule is O=C(c1ccccc1)N1CCN(c2ccc([N+](=O)[O-])cc2NCc2ccccc2)CC1. The van der Waals surface area contributed by atoms with E-state index in [2.05, 4.69) is 10.2 Å². The molecule has 0 bridgehead atoms. The van der Waals surface area contributed by atoms with Crippen LogP contribution >= 0.6 is 0 Å². The molecule has 1 fully saturated rings. The number of nitro groups is 1. The number of anilines is 2. The molecule has 0 atom stereocenters. The highest BCUT2D eigenvalue weighted by Gasteiger charge is 2.24. The highest BCUT2D eigenvalue weighted by molar-refractivity contribution is 5.94. The van der Waals surface area contributed by atoms with Crippen LogP contribution in [-0.2, 0) is 6.54 Å². The molecule has 1 aliphatic rings. The van der Waals surface area contributed by atoms with Crippen molar-refractivity contribution in [1.82, 2.24) is 4.90 Å². The summed E-state index contributed by atoms with van der Waals surface area (Å²) in [5, 5.41) is 14.6. The molecule has 1 saturated heterocycles. The number of nitrogens with zero attached hydrogens (tertiary/aromatic N) is 3. The van der Waals surface area contributed by atoms with Gasteiger partial charge in [-0.3, -0.25) is 14.9 Å². The quantitative estimate of drug-likeness (QED) is 0.482. The molecule has 0 aromatic heterocycles. The maximum absolute atomic E-state index is 12.7. The van der Waals surface area contributed by atoms with Gasteiger partial charge in [-0.1, -0.05) is 48.5 Å². The molecule has 1 N–H and O–H groups in total. The van der Waals surface area contributed by atoms with Crippen molar-refractivity contribution >= 4 is 23.0 Å². The van der Waals surface area contributed by atoms with Crippen LogP contribution in [0, 0.1) is 10.1 Å². The van der Waals surface area contributed by atoms with Gasteiger partial charge in [-0.15, -0.1) is 0 Å². The molecule has 3 aromatic rings. The fraction of sp³-hybridized carbons (Fsp3) is 0.208. The van der Waals surface area contributed by atoms with E-state index in [0.29, 0.717) is 38.3 Å². The van der Waals surface area contributed by atoms with E-state index in [1.807, 2.05) is 65.6 Å². The van der Waals surface area contributed by atoms with Gasteiger partial charge in [0.15, 0.2) is 0 Å². The molecule has 0 unspecified atom stereocenters. The van der Waals surface area contributed by atoms with Crippen molar-refractivity contribution in [2.45, 2.75) is 6.54 Å². The number of carbonyl (C=O) groups is 1. The van der Waals surface area contributed by atoms with Gasteiger partial charge in [0.05, 0.1) is 16.3 Å². The molecule has 1 heterocycles. The number of carbonyl (C=O) groups excluding carboxylic acids is 1. The van der Waals surface area contributed by atoms with Gasteiger partial charge in [0, 0.05) is 50.4 Å². The zero-order valence-electron chi connectivity index (χ0n) is 17.1. The first-order chi connectivity index (χ1) is 15.1. The fourth-order valence-corrected chi connectivity index (χ4v) is 3.76. The number of benzene rings is 3. The van der Waals surface area contributed by atoms with E-state index in [0.717, 1.165) is 16.9 Å². The average molecular weight is 416 g/mol. The number of hydrogen-bond donors (Lipinski definition) is 1. The van der Waals surface area contributed by atoms with Gasteiger partial charge in [0.25, 0.3) is 11.6 Å². The lowest BCUT2D eigenvalue weighted by Crippen LogP contribution is -2.49. The third-order valence-electron chi connectivity index (χ3n) is 5.45. The monoisotopic (exact) mass is 416 g/mol. The van der Waals surface area contributed by atoms with Crippen molar-refractivity contribution in [2.24, 2.45) is 0 Å². The Balaban J connectivity index is 1.48. The topological polar surface area (TPSA) is 78.7 Å². The third-order valence-corrected chi connectivity index (χ3v) is 5.45. The molecule has 0 spiro atoms. The number of piperazine rings is 1. The van der Waals surface area contributed by atoms with Gasteiger partial charge >= 0.3 is 0 Å². The minimum Gasteiger partial charge on any atom is -0.379 e. The van der Waals surface area contributed by atoms with Gasteiger partial charge in [-0.25, -0.2) is 0 Å². The van der Waals surface area contributed by atoms with Crippen molar-refractivity contribution in [3.8, 4) is 0 Å². The largest absolute Gasteiger partial charge is 0.379 e. The van der Waals surface area contributed by atoms with Crippen molar-refractivity contribution in [3.05, 3.63) is 100 Å². The molecule has 31 heavy (non-hydrogen) atoms. The molecule has 3 aromatic carbocycles. The molecule has 4 rings (SSSR count). The fourth-order valence-electron chi connectivity index (χ4n) is 3.76. The van der Waals surface area contributed by atoms with Gasteiger partial charge in [0.1, 0.15) is 0 Å². The average Bonchev–Trinajstić information content (AvgIpc) is 2.83. The minimum absolute atomic E-state index is 0.0337. The highest BCUT2D eigenvalue weighted by atomic mass is 16.6. The zero-order valence-corrected chi connectivity index (χ0v) is 17.1. The van der Waals surface area contributed by atoms with E-state index in [-0.39, 0.29) is 16.5 Å². The van der Waals surface area contributed by atoms with E-state index in [9.17, 15) is 14.9 Å². The van der Waals surface area contributed by atoms with Gasteiger partial charge in [0.2, 0.25) is 0 Å². The Labute approximate surface area is 181 Å². The summed E-state index contributed by atoms with van der Waals surface area (Å²) in [6.45, 7) is 3.10. The maximum Gasteiger partial charge on any atom is 0.271 e. The Morgan fingerprint density at radius 2 is 1.55 bits per heavy atom. The van der Waals surface area contributed by atoms with Crippen LogP contribution in [0.4, 0.5) is 17.1 Å². The smallest absolute Gasteiger partial charge is 0.271 e. The summed E-state index contributed by atoms with van der Waals surface area (Å²) in [5.41, 5.74) is 3.47. The Morgan fingerprint density at radius 1 is 0.903 bits per heavy atom. The lowest BCUT2D eigenvalue weighted by atomic mass is 10.1. The standard InChI is InChI=1S/C24H24N4O3/c29-24(20-9-5-2-6-10-20)27-15-13-26(14-16-27)23-12-11-21(28(30)31)17-22(23)25-18-19-7-3-1-4-8-19/h1-12,17,25H,13-16,18H2. The van der Waals surface area contributed by atoms with Crippen molar-refractivity contribution in [2.75, 3.05) is 36.4 Å². The second-order valence-corrected chi connectivity index (χ2v) is 7.44. The van der Waals surface area contributed by atoms with Crippen molar-refractivity contribution in [3.63, 3.8) is 0 Å². The van der Waals surface area contributed by atoms with E-state index in [4.69, 9.17) is 0 Å². The van der Waals surface area contributed by atoms with Crippen LogP contribution in [0.1, 0.15) is 15.9 Å². The lowest BCUT2D eigenvalue weighted by Gasteiger charge is -2.37. The molecular formula is C24H24N4O3. The molecule has 1 amide bonds. The van der Waals surface area contributed by atoms with Gasteiger partial charge in [-0.05, 0) is 23.8 Å². The van der Waals surface area contributed by atoms with Crippen LogP contribution in [0.15, 0.2) is 78.9 Å². The molecule has 158 valence electrons. The molecule has 0 saturated carbocycles. The number of nitro benzene ring substituents is 1. The summed E-state index contributed by atoms with van der Waals surface area (Å²) in [6.07, 6.45) is 0. The maximum atomic E-state index is 12.7. The Bertz CT molecular complexity index is 1050. The molecule has 7 nitrogen and oxygen atoms in total. The highest BCUT2D eigenvalue weighted by Crippen LogP contribution is 2.31. The molecular weight excluding hydrogens is 392 g/mol. The first-order valence-electron chi connectivity index (χ1n) is 10.3. The number of rotatable bonds is 6. The zero-order chi connectivity index (χ0) is 21.6. The Hall–Kier alpha value is -3.87. The van der Waals surface area contributed by atoms with Crippen LogP contribution in [0.25, 0.3) is 0 Å². The summed E-state index contributed by atoms with van der Waals surface area (Å²) in [4.78, 5) is 27.6. The van der Waals surface area contributed by atoms with Crippen LogP contribution in [0.2, 0.25) is 0 Å². The Kier molecular flexibility index (Phi) is 6.12. The molecule has 0 radical (unpaired) electrons. The summed E-state index contributed by atoms with van der Waals surface area (Å²) in [6, 6.07) is 24.1. The third kappa shape index (κ3) is 4.83. The number of non-ortho nitro benzene ring substituents is 1. The minimum atomic E-state index is -0.381. The second-order valence-electron chi connectivity index (χ2n) is 7.44. The van der Waals surface area contributed by atoms with Crippen LogP contribution in [0.5, 0.6) is 0 Å². The normalized spacial score (nSPS) is 13.7. The molecule has 7 heteroatoms. The van der Waals surface area contributed by atoms with E-state index in [1.54, 1.807) is 12.1 Å². The van der Waals surface area contributed by atoms with E-state index < -0.39 is 0 Å². The Morgan fingerprint density at radius 3 is 2.19 bits per heavy atom. The van der Waals surface area contributed by atoms with Crippen LogP contribution in [-0.4, -0.2) is 41.9 Å². The number of hydrogen-bond acceptors (Lipinski definition) is 5.